The molecule has 0 spiro atoms. The Hall–Kier alpha value is -1.26. The van der Waals surface area contributed by atoms with Crippen LogP contribution in [0.2, 0.25) is 0 Å². The number of nitrogens with two attached hydrogens (primary N) is 1. The Kier molecular flexibility index (Phi) is 4.44. The second-order valence-electron chi connectivity index (χ2n) is 5.15. The number of benzene rings is 1. The van der Waals surface area contributed by atoms with Crippen molar-refractivity contribution in [1.29, 1.82) is 0 Å². The molecule has 1 aromatic carbocycles. The summed E-state index contributed by atoms with van der Waals surface area (Å²) in [5, 5.41) is 3.48. The minimum atomic E-state index is 0.822. The molecular formula is C14H24N4. The van der Waals surface area contributed by atoms with E-state index in [0.717, 1.165) is 24.5 Å². The van der Waals surface area contributed by atoms with Crippen molar-refractivity contribution in [2.75, 3.05) is 57.4 Å². The summed E-state index contributed by atoms with van der Waals surface area (Å²) in [4.78, 5) is 4.89. The van der Waals surface area contributed by atoms with Gasteiger partial charge in [-0.2, -0.15) is 0 Å². The quantitative estimate of drug-likeness (QED) is 0.787. The van der Waals surface area contributed by atoms with Crippen molar-refractivity contribution in [2.45, 2.75) is 6.92 Å². The van der Waals surface area contributed by atoms with Gasteiger partial charge in [-0.3, -0.25) is 4.90 Å². The van der Waals surface area contributed by atoms with Gasteiger partial charge < -0.3 is 16.0 Å². The molecule has 2 rings (SSSR count). The van der Waals surface area contributed by atoms with Gasteiger partial charge in [0.25, 0.3) is 0 Å². The smallest absolute Gasteiger partial charge is 0.0390 e. The van der Waals surface area contributed by atoms with Gasteiger partial charge >= 0.3 is 0 Å². The number of anilines is 2. The van der Waals surface area contributed by atoms with Crippen molar-refractivity contribution in [3.8, 4) is 0 Å². The number of hydrogen-bond donors (Lipinski definition) is 2. The third-order valence-corrected chi connectivity index (χ3v) is 3.60. The van der Waals surface area contributed by atoms with Crippen molar-refractivity contribution in [2.24, 2.45) is 0 Å². The zero-order chi connectivity index (χ0) is 13.0. The minimum absolute atomic E-state index is 0.822. The van der Waals surface area contributed by atoms with E-state index >= 15 is 0 Å². The standard InChI is InChI=1S/C14H24N4/c1-12-3-4-13(15)11-14(12)16-5-6-18-9-7-17(2)8-10-18/h3-4,11,16H,5-10,15H2,1-2H3. The number of aryl methyl sites for hydroxylation is 1. The molecule has 0 aromatic heterocycles. The van der Waals surface area contributed by atoms with Crippen molar-refractivity contribution >= 4 is 11.4 Å². The lowest BCUT2D eigenvalue weighted by Gasteiger charge is -2.32. The summed E-state index contributed by atoms with van der Waals surface area (Å²) in [6.07, 6.45) is 0. The van der Waals surface area contributed by atoms with E-state index in [-0.39, 0.29) is 0 Å². The molecule has 1 saturated heterocycles. The van der Waals surface area contributed by atoms with Gasteiger partial charge in [0, 0.05) is 50.6 Å². The predicted molar refractivity (Wildman–Crippen MR) is 78.0 cm³/mol. The molecule has 0 unspecified atom stereocenters. The van der Waals surface area contributed by atoms with E-state index in [0.29, 0.717) is 0 Å². The molecule has 0 amide bonds. The molecule has 0 saturated carbocycles. The van der Waals surface area contributed by atoms with Gasteiger partial charge in [0.1, 0.15) is 0 Å². The Morgan fingerprint density at radius 3 is 2.67 bits per heavy atom. The highest BCUT2D eigenvalue weighted by Gasteiger charge is 2.12. The van der Waals surface area contributed by atoms with E-state index < -0.39 is 0 Å². The first-order valence-corrected chi connectivity index (χ1v) is 6.66. The first-order valence-electron chi connectivity index (χ1n) is 6.66. The summed E-state index contributed by atoms with van der Waals surface area (Å²) in [6.45, 7) is 8.89. The van der Waals surface area contributed by atoms with Crippen LogP contribution in [0.5, 0.6) is 0 Å². The van der Waals surface area contributed by atoms with Gasteiger partial charge in [-0.25, -0.2) is 0 Å². The fraction of sp³-hybridized carbons (Fsp3) is 0.571. The summed E-state index contributed by atoms with van der Waals surface area (Å²) in [5.74, 6) is 0. The van der Waals surface area contributed by atoms with Gasteiger partial charge in [-0.15, -0.1) is 0 Å². The summed E-state index contributed by atoms with van der Waals surface area (Å²) in [5.41, 5.74) is 9.03. The molecule has 4 nitrogen and oxygen atoms in total. The third-order valence-electron chi connectivity index (χ3n) is 3.60. The van der Waals surface area contributed by atoms with Crippen LogP contribution < -0.4 is 11.1 Å². The van der Waals surface area contributed by atoms with Crippen molar-refractivity contribution in [3.05, 3.63) is 23.8 Å². The van der Waals surface area contributed by atoms with E-state index in [4.69, 9.17) is 5.73 Å². The fourth-order valence-corrected chi connectivity index (χ4v) is 2.25. The van der Waals surface area contributed by atoms with Crippen molar-refractivity contribution in [1.82, 2.24) is 9.80 Å². The second-order valence-corrected chi connectivity index (χ2v) is 5.15. The second kappa shape index (κ2) is 6.07. The molecule has 0 atom stereocenters. The maximum absolute atomic E-state index is 5.80. The normalized spacial score (nSPS) is 17.9. The van der Waals surface area contributed by atoms with Crippen LogP contribution in [0.1, 0.15) is 5.56 Å². The molecule has 0 radical (unpaired) electrons. The zero-order valence-electron chi connectivity index (χ0n) is 11.4. The maximum atomic E-state index is 5.80. The van der Waals surface area contributed by atoms with E-state index in [9.17, 15) is 0 Å². The van der Waals surface area contributed by atoms with Gasteiger partial charge in [0.15, 0.2) is 0 Å². The molecule has 1 heterocycles. The number of nitrogens with zero attached hydrogens (tertiary/aromatic N) is 2. The lowest BCUT2D eigenvalue weighted by Crippen LogP contribution is -2.45. The first kappa shape index (κ1) is 13.2. The number of likely N-dealkylation sites (N-methyl/N-ethyl adjacent to an activating group) is 1. The molecule has 1 fully saturated rings. The van der Waals surface area contributed by atoms with Crippen LogP contribution in [0.3, 0.4) is 0 Å². The molecule has 1 aromatic rings. The van der Waals surface area contributed by atoms with Gasteiger partial charge in [0.05, 0.1) is 0 Å². The zero-order valence-corrected chi connectivity index (χ0v) is 11.4. The fourth-order valence-electron chi connectivity index (χ4n) is 2.25. The highest BCUT2D eigenvalue weighted by atomic mass is 15.2. The lowest BCUT2D eigenvalue weighted by molar-refractivity contribution is 0.158. The van der Waals surface area contributed by atoms with Gasteiger partial charge in [-0.1, -0.05) is 6.07 Å². The van der Waals surface area contributed by atoms with Crippen LogP contribution >= 0.6 is 0 Å². The Morgan fingerprint density at radius 1 is 1.22 bits per heavy atom. The number of nitrogens with one attached hydrogen (secondary N) is 1. The van der Waals surface area contributed by atoms with E-state index in [1.165, 1.54) is 31.7 Å². The summed E-state index contributed by atoms with van der Waals surface area (Å²) >= 11 is 0. The van der Waals surface area contributed by atoms with E-state index in [1.54, 1.807) is 0 Å². The molecule has 0 bridgehead atoms. The Bertz CT molecular complexity index is 383. The summed E-state index contributed by atoms with van der Waals surface area (Å²) < 4.78 is 0. The number of hydrogen-bond acceptors (Lipinski definition) is 4. The van der Waals surface area contributed by atoms with Crippen LogP contribution in [-0.4, -0.2) is 56.1 Å². The number of nitrogen functional groups attached to an aromatic ring is 1. The van der Waals surface area contributed by atoms with Crippen molar-refractivity contribution < 1.29 is 0 Å². The number of rotatable bonds is 4. The number of piperazine rings is 1. The highest BCUT2D eigenvalue weighted by molar-refractivity contribution is 5.59. The predicted octanol–water partition coefficient (Wildman–Crippen LogP) is 1.24. The molecule has 4 heteroatoms. The van der Waals surface area contributed by atoms with Gasteiger partial charge in [-0.05, 0) is 31.7 Å². The molecule has 0 aliphatic carbocycles. The third kappa shape index (κ3) is 3.62. The largest absolute Gasteiger partial charge is 0.399 e. The monoisotopic (exact) mass is 248 g/mol. The lowest BCUT2D eigenvalue weighted by atomic mass is 10.2. The topological polar surface area (TPSA) is 44.5 Å². The summed E-state index contributed by atoms with van der Waals surface area (Å²) in [7, 11) is 2.19. The van der Waals surface area contributed by atoms with E-state index in [2.05, 4.69) is 35.2 Å². The van der Waals surface area contributed by atoms with Crippen LogP contribution in [0.15, 0.2) is 18.2 Å². The maximum Gasteiger partial charge on any atom is 0.0390 e. The molecule has 3 N–H and O–H groups in total. The average Bonchev–Trinajstić information content (AvgIpc) is 2.36. The van der Waals surface area contributed by atoms with Crippen LogP contribution in [0, 0.1) is 6.92 Å². The minimum Gasteiger partial charge on any atom is -0.399 e. The van der Waals surface area contributed by atoms with Crippen LogP contribution in [0.4, 0.5) is 11.4 Å². The Morgan fingerprint density at radius 2 is 1.94 bits per heavy atom. The molecule has 1 aliphatic rings. The van der Waals surface area contributed by atoms with Crippen LogP contribution in [0.25, 0.3) is 0 Å². The Labute approximate surface area is 110 Å². The van der Waals surface area contributed by atoms with Crippen LogP contribution in [-0.2, 0) is 0 Å². The van der Waals surface area contributed by atoms with E-state index in [1.807, 2.05) is 12.1 Å². The highest BCUT2D eigenvalue weighted by Crippen LogP contribution is 2.17. The molecule has 100 valence electrons. The molecule has 1 aliphatic heterocycles. The Balaban J connectivity index is 1.76. The molecule has 18 heavy (non-hydrogen) atoms. The average molecular weight is 248 g/mol. The van der Waals surface area contributed by atoms with Gasteiger partial charge in [0.2, 0.25) is 0 Å². The SMILES string of the molecule is Cc1ccc(N)cc1NCCN1CCN(C)CC1. The summed E-state index contributed by atoms with van der Waals surface area (Å²) in [6, 6.07) is 6.02. The molecular weight excluding hydrogens is 224 g/mol. The first-order chi connectivity index (χ1) is 8.65. The van der Waals surface area contributed by atoms with Crippen molar-refractivity contribution in [3.63, 3.8) is 0 Å².